The maximum Gasteiger partial charge on any atom is 0.229 e. The van der Waals surface area contributed by atoms with Gasteiger partial charge in [0.1, 0.15) is 12.7 Å². The molecule has 27 heavy (non-hydrogen) atoms. The number of carbonyl (C=O) groups excluding carboxylic acids is 1. The highest BCUT2D eigenvalue weighted by atomic mass is 32.1. The molecule has 1 N–H and O–H groups in total. The number of thiazole rings is 1. The third kappa shape index (κ3) is 3.80. The highest BCUT2D eigenvalue weighted by molar-refractivity contribution is 7.15. The van der Waals surface area contributed by atoms with Gasteiger partial charge in [-0.1, -0.05) is 0 Å². The summed E-state index contributed by atoms with van der Waals surface area (Å²) < 4.78 is 1.56. The van der Waals surface area contributed by atoms with Crippen LogP contribution in [0.5, 0.6) is 0 Å². The van der Waals surface area contributed by atoms with Gasteiger partial charge in [0.25, 0.3) is 0 Å². The second-order valence-corrected chi connectivity index (χ2v) is 7.70. The number of amides is 1. The highest BCUT2D eigenvalue weighted by Crippen LogP contribution is 2.25. The largest absolute Gasteiger partial charge is 0.355 e. The first-order valence-corrected chi connectivity index (χ1v) is 9.60. The van der Waals surface area contributed by atoms with E-state index < -0.39 is 0 Å². The molecule has 1 fully saturated rings. The van der Waals surface area contributed by atoms with Crippen LogP contribution in [0.25, 0.3) is 5.82 Å². The summed E-state index contributed by atoms with van der Waals surface area (Å²) in [6.45, 7) is 5.50. The molecule has 0 bridgehead atoms. The first kappa shape index (κ1) is 17.5. The fourth-order valence-corrected chi connectivity index (χ4v) is 3.86. The fraction of sp³-hybridized carbons (Fsp3) is 0.412. The molecule has 4 rings (SSSR count). The van der Waals surface area contributed by atoms with Crippen LogP contribution in [0, 0.1) is 19.8 Å². The van der Waals surface area contributed by atoms with E-state index in [0.29, 0.717) is 10.9 Å². The lowest BCUT2D eigenvalue weighted by molar-refractivity contribution is -0.120. The second-order valence-electron chi connectivity index (χ2n) is 6.50. The van der Waals surface area contributed by atoms with Gasteiger partial charge in [-0.05, 0) is 38.8 Å². The molecule has 4 heterocycles. The topological polar surface area (TPSA) is 102 Å². The van der Waals surface area contributed by atoms with Crippen molar-refractivity contribution in [1.29, 1.82) is 0 Å². The molecule has 0 aromatic carbocycles. The van der Waals surface area contributed by atoms with Crippen molar-refractivity contribution in [1.82, 2.24) is 29.9 Å². The Labute approximate surface area is 160 Å². The summed E-state index contributed by atoms with van der Waals surface area (Å²) >= 11 is 1.52. The summed E-state index contributed by atoms with van der Waals surface area (Å²) in [6, 6.07) is 3.79. The van der Waals surface area contributed by atoms with Gasteiger partial charge in [-0.15, -0.1) is 21.5 Å². The van der Waals surface area contributed by atoms with Gasteiger partial charge in [-0.25, -0.2) is 14.6 Å². The van der Waals surface area contributed by atoms with Gasteiger partial charge >= 0.3 is 0 Å². The minimum Gasteiger partial charge on any atom is -0.355 e. The number of nitrogens with one attached hydrogen (secondary N) is 1. The smallest absolute Gasteiger partial charge is 0.229 e. The fourth-order valence-electron chi connectivity index (χ4n) is 3.04. The zero-order chi connectivity index (χ0) is 18.8. The lowest BCUT2D eigenvalue weighted by Crippen LogP contribution is -2.38. The predicted molar refractivity (Wildman–Crippen MR) is 102 cm³/mol. The van der Waals surface area contributed by atoms with Crippen molar-refractivity contribution in [2.24, 2.45) is 5.92 Å². The van der Waals surface area contributed by atoms with E-state index in [1.54, 1.807) is 11.0 Å². The molecule has 0 atom stereocenters. The summed E-state index contributed by atoms with van der Waals surface area (Å²) in [5.41, 5.74) is 0.970. The van der Waals surface area contributed by atoms with Crippen molar-refractivity contribution >= 4 is 28.2 Å². The Morgan fingerprint density at radius 2 is 1.93 bits per heavy atom. The molecule has 0 radical (unpaired) electrons. The molecule has 1 saturated heterocycles. The Hall–Kier alpha value is -2.88. The summed E-state index contributed by atoms with van der Waals surface area (Å²) in [5, 5.41) is 16.2. The summed E-state index contributed by atoms with van der Waals surface area (Å²) in [5.74, 6) is 1.48. The van der Waals surface area contributed by atoms with E-state index in [4.69, 9.17) is 0 Å². The standard InChI is InChI=1S/C17H20N8OS/c1-11-12(2)27-17(20-11)21-16(26)13-5-7-24(8-6-13)14-3-4-15(23-22-14)25-10-18-9-19-25/h3-4,9-10,13H,5-8H2,1-2H3,(H,20,21,26). The number of rotatable bonds is 4. The maximum atomic E-state index is 12.5. The van der Waals surface area contributed by atoms with Crippen LogP contribution in [0.2, 0.25) is 0 Å². The molecular formula is C17H20N8OS. The van der Waals surface area contributed by atoms with E-state index in [9.17, 15) is 4.79 Å². The molecule has 1 amide bonds. The number of nitrogens with zero attached hydrogens (tertiary/aromatic N) is 7. The van der Waals surface area contributed by atoms with Crippen molar-refractivity contribution in [2.75, 3.05) is 23.3 Å². The number of piperidine rings is 1. The maximum absolute atomic E-state index is 12.5. The number of hydrogen-bond donors (Lipinski definition) is 1. The van der Waals surface area contributed by atoms with Gasteiger partial charge in [0.15, 0.2) is 16.8 Å². The van der Waals surface area contributed by atoms with Crippen molar-refractivity contribution in [3.63, 3.8) is 0 Å². The van der Waals surface area contributed by atoms with Crippen molar-refractivity contribution in [3.05, 3.63) is 35.4 Å². The molecule has 0 saturated carbocycles. The third-order valence-corrected chi connectivity index (χ3v) is 5.73. The third-order valence-electron chi connectivity index (χ3n) is 4.74. The first-order chi connectivity index (χ1) is 13.1. The van der Waals surface area contributed by atoms with Crippen LogP contribution in [-0.4, -0.2) is 48.9 Å². The average molecular weight is 384 g/mol. The minimum atomic E-state index is -0.00635. The Bertz CT molecular complexity index is 894. The summed E-state index contributed by atoms with van der Waals surface area (Å²) in [4.78, 5) is 24.1. The number of carbonyl (C=O) groups is 1. The normalized spacial score (nSPS) is 15.1. The highest BCUT2D eigenvalue weighted by Gasteiger charge is 2.26. The lowest BCUT2D eigenvalue weighted by atomic mass is 9.96. The van der Waals surface area contributed by atoms with Gasteiger partial charge in [-0.2, -0.15) is 5.10 Å². The van der Waals surface area contributed by atoms with Crippen LogP contribution in [0.3, 0.4) is 0 Å². The Balaban J connectivity index is 1.33. The van der Waals surface area contributed by atoms with E-state index >= 15 is 0 Å². The van der Waals surface area contributed by atoms with E-state index in [2.05, 4.69) is 35.5 Å². The molecule has 3 aromatic heterocycles. The quantitative estimate of drug-likeness (QED) is 0.734. The molecule has 140 valence electrons. The van der Waals surface area contributed by atoms with E-state index in [0.717, 1.165) is 42.3 Å². The summed E-state index contributed by atoms with van der Waals surface area (Å²) in [6.07, 6.45) is 4.60. The molecule has 0 unspecified atom stereocenters. The van der Waals surface area contributed by atoms with Crippen molar-refractivity contribution in [2.45, 2.75) is 26.7 Å². The molecule has 9 nitrogen and oxygen atoms in total. The molecule has 10 heteroatoms. The lowest BCUT2D eigenvalue weighted by Gasteiger charge is -2.31. The van der Waals surface area contributed by atoms with Crippen LogP contribution in [0.15, 0.2) is 24.8 Å². The molecule has 1 aliphatic rings. The van der Waals surface area contributed by atoms with Crippen molar-refractivity contribution in [3.8, 4) is 5.82 Å². The van der Waals surface area contributed by atoms with Gasteiger partial charge in [0.2, 0.25) is 5.91 Å². The van der Waals surface area contributed by atoms with Crippen LogP contribution in [0.1, 0.15) is 23.4 Å². The van der Waals surface area contributed by atoms with Crippen molar-refractivity contribution < 1.29 is 4.79 Å². The SMILES string of the molecule is Cc1nc(NC(=O)C2CCN(c3ccc(-n4cncn4)nn3)CC2)sc1C. The summed E-state index contributed by atoms with van der Waals surface area (Å²) in [7, 11) is 0. The zero-order valence-electron chi connectivity index (χ0n) is 15.2. The molecule has 3 aromatic rings. The predicted octanol–water partition coefficient (Wildman–Crippen LogP) is 1.99. The van der Waals surface area contributed by atoms with Crippen LogP contribution in [0.4, 0.5) is 10.9 Å². The molecule has 1 aliphatic heterocycles. The zero-order valence-corrected chi connectivity index (χ0v) is 16.0. The first-order valence-electron chi connectivity index (χ1n) is 8.79. The van der Waals surface area contributed by atoms with Gasteiger partial charge in [0.05, 0.1) is 5.69 Å². The second kappa shape index (κ2) is 7.39. The van der Waals surface area contributed by atoms with Crippen LogP contribution < -0.4 is 10.2 Å². The van der Waals surface area contributed by atoms with E-state index in [1.165, 1.54) is 17.7 Å². The Kier molecular flexibility index (Phi) is 4.80. The average Bonchev–Trinajstić information content (AvgIpc) is 3.32. The number of aromatic nitrogens is 6. The number of aryl methyl sites for hydroxylation is 2. The van der Waals surface area contributed by atoms with Gasteiger partial charge < -0.3 is 10.2 Å². The Morgan fingerprint density at radius 3 is 2.52 bits per heavy atom. The van der Waals surface area contributed by atoms with E-state index in [1.807, 2.05) is 26.0 Å². The number of anilines is 2. The number of hydrogen-bond acceptors (Lipinski definition) is 8. The monoisotopic (exact) mass is 384 g/mol. The minimum absolute atomic E-state index is 0.00635. The van der Waals surface area contributed by atoms with Gasteiger partial charge in [0, 0.05) is 23.9 Å². The van der Waals surface area contributed by atoms with Gasteiger partial charge in [-0.3, -0.25) is 4.79 Å². The van der Waals surface area contributed by atoms with E-state index in [-0.39, 0.29) is 11.8 Å². The van der Waals surface area contributed by atoms with Crippen LogP contribution in [-0.2, 0) is 4.79 Å². The Morgan fingerprint density at radius 1 is 1.19 bits per heavy atom. The van der Waals surface area contributed by atoms with Crippen LogP contribution >= 0.6 is 11.3 Å². The molecule has 0 aliphatic carbocycles. The molecular weight excluding hydrogens is 364 g/mol. The molecule has 0 spiro atoms.